The van der Waals surface area contributed by atoms with E-state index in [-0.39, 0.29) is 19.4 Å². The van der Waals surface area contributed by atoms with E-state index in [1.54, 1.807) is 0 Å². The van der Waals surface area contributed by atoms with Gasteiger partial charge in [0.25, 0.3) is 0 Å². The summed E-state index contributed by atoms with van der Waals surface area (Å²) in [5.74, 6) is -4.31. The molecule has 6 aliphatic rings. The molecular formula is C21H22O12. The lowest BCUT2D eigenvalue weighted by Gasteiger charge is -2.43. The van der Waals surface area contributed by atoms with Crippen LogP contribution in [0, 0.1) is 16.7 Å². The van der Waals surface area contributed by atoms with Crippen molar-refractivity contribution >= 4 is 23.9 Å². The Morgan fingerprint density at radius 2 is 1.97 bits per heavy atom. The van der Waals surface area contributed by atoms with E-state index in [4.69, 9.17) is 23.7 Å². The minimum Gasteiger partial charge on any atom is -0.466 e. The van der Waals surface area contributed by atoms with E-state index in [0.29, 0.717) is 0 Å². The van der Waals surface area contributed by atoms with Crippen molar-refractivity contribution in [1.29, 1.82) is 0 Å². The first kappa shape index (κ1) is 21.0. The first-order valence-corrected chi connectivity index (χ1v) is 10.7. The molecule has 2 spiro atoms. The Hall–Kier alpha value is -2.54. The summed E-state index contributed by atoms with van der Waals surface area (Å²) in [6, 6.07) is 0. The summed E-state index contributed by atoms with van der Waals surface area (Å²) in [5.41, 5.74) is -7.48. The van der Waals surface area contributed by atoms with Crippen LogP contribution in [0.2, 0.25) is 0 Å². The van der Waals surface area contributed by atoms with Crippen LogP contribution in [0.1, 0.15) is 19.8 Å². The van der Waals surface area contributed by atoms with Crippen LogP contribution in [0.15, 0.2) is 12.2 Å². The van der Waals surface area contributed by atoms with Crippen LogP contribution < -0.4 is 0 Å². The summed E-state index contributed by atoms with van der Waals surface area (Å²) in [5, 5.41) is 23.4. The molecule has 12 nitrogen and oxygen atoms in total. The molecule has 2 N–H and O–H groups in total. The number of hydrogen-bond acceptors (Lipinski definition) is 12. The van der Waals surface area contributed by atoms with E-state index in [1.807, 2.05) is 0 Å². The van der Waals surface area contributed by atoms with Gasteiger partial charge in [0.05, 0.1) is 30.5 Å². The predicted octanol–water partition coefficient (Wildman–Crippen LogP) is -1.89. The molecule has 0 aromatic carbocycles. The molecule has 0 aromatic heterocycles. The van der Waals surface area contributed by atoms with Gasteiger partial charge in [-0.2, -0.15) is 0 Å². The average Bonchev–Trinajstić information content (AvgIpc) is 3.50. The van der Waals surface area contributed by atoms with Gasteiger partial charge in [-0.05, 0) is 19.8 Å². The number of rotatable bonds is 4. The number of ether oxygens (including phenoxy) is 6. The number of fused-ring (bicyclic) bond motifs is 1. The minimum atomic E-state index is -2.24. The number of hydrogen-bond donors (Lipinski definition) is 2. The summed E-state index contributed by atoms with van der Waals surface area (Å²) in [4.78, 5) is 49.9. The number of aliphatic hydroxyl groups is 2. The standard InChI is InChI=1S/C21H22O12/c1-8-14(24)31-12-11(23)19-9-5-6-18(19)13(29-7-3-4-10(22)28-2)15(25)32-17(18)33-21(19,16(26)30-9)20(8,12)27/h3-4,8-9,11-13,17,23,27H,5-7H2,1-2H3/b4-3+/t8?,9?,11-,12-,13-,17-,18?,19-,20+,21+/m0/s1. The summed E-state index contributed by atoms with van der Waals surface area (Å²) in [6.45, 7) is 1.21. The molecule has 6 rings (SSSR count). The minimum absolute atomic E-state index is 0.179. The summed E-state index contributed by atoms with van der Waals surface area (Å²) in [6.07, 6.45) is -3.63. The molecule has 2 saturated carbocycles. The molecule has 2 aliphatic carbocycles. The van der Waals surface area contributed by atoms with Gasteiger partial charge in [-0.1, -0.05) is 6.08 Å². The van der Waals surface area contributed by atoms with Gasteiger partial charge in [-0.3, -0.25) is 4.79 Å². The molecule has 4 aliphatic heterocycles. The van der Waals surface area contributed by atoms with Crippen LogP contribution >= 0.6 is 0 Å². The molecule has 3 unspecified atom stereocenters. The fourth-order valence-corrected chi connectivity index (χ4v) is 7.53. The third-order valence-electron chi connectivity index (χ3n) is 8.65. The van der Waals surface area contributed by atoms with Gasteiger partial charge in [0.1, 0.15) is 12.2 Å². The Labute approximate surface area is 186 Å². The zero-order valence-corrected chi connectivity index (χ0v) is 17.7. The van der Waals surface area contributed by atoms with E-state index in [2.05, 4.69) is 4.74 Å². The van der Waals surface area contributed by atoms with Gasteiger partial charge in [0.15, 0.2) is 17.8 Å². The molecular weight excluding hydrogens is 444 g/mol. The van der Waals surface area contributed by atoms with Gasteiger partial charge in [-0.25, -0.2) is 14.4 Å². The molecule has 178 valence electrons. The molecule has 4 saturated heterocycles. The van der Waals surface area contributed by atoms with Crippen molar-refractivity contribution in [2.75, 3.05) is 13.7 Å². The number of esters is 4. The van der Waals surface area contributed by atoms with Crippen molar-refractivity contribution in [1.82, 2.24) is 0 Å². The molecule has 33 heavy (non-hydrogen) atoms. The number of carbonyl (C=O) groups is 4. The second-order valence-electron chi connectivity index (χ2n) is 9.40. The van der Waals surface area contributed by atoms with E-state index in [0.717, 1.165) is 6.08 Å². The Balaban J connectivity index is 1.48. The second-order valence-corrected chi connectivity index (χ2v) is 9.40. The van der Waals surface area contributed by atoms with Crippen molar-refractivity contribution in [2.45, 2.75) is 61.7 Å². The molecule has 0 bridgehead atoms. The van der Waals surface area contributed by atoms with E-state index in [9.17, 15) is 29.4 Å². The Kier molecular flexibility index (Phi) is 3.90. The molecule has 0 radical (unpaired) electrons. The maximum absolute atomic E-state index is 13.3. The highest BCUT2D eigenvalue weighted by Gasteiger charge is 3.02. The van der Waals surface area contributed by atoms with Gasteiger partial charge >= 0.3 is 23.9 Å². The molecule has 6 fully saturated rings. The van der Waals surface area contributed by atoms with Gasteiger partial charge in [-0.15, -0.1) is 0 Å². The van der Waals surface area contributed by atoms with Crippen LogP contribution in [0.25, 0.3) is 0 Å². The third-order valence-corrected chi connectivity index (χ3v) is 8.65. The lowest BCUT2D eigenvalue weighted by atomic mass is 9.55. The highest BCUT2D eigenvalue weighted by molar-refractivity contribution is 5.94. The Morgan fingerprint density at radius 1 is 1.21 bits per heavy atom. The van der Waals surface area contributed by atoms with E-state index < -0.39 is 82.5 Å². The van der Waals surface area contributed by atoms with Crippen LogP contribution in [-0.2, 0) is 47.6 Å². The highest BCUT2D eigenvalue weighted by Crippen LogP contribution is 2.82. The van der Waals surface area contributed by atoms with Crippen molar-refractivity contribution in [3.05, 3.63) is 12.2 Å². The van der Waals surface area contributed by atoms with Gasteiger partial charge in [0, 0.05) is 6.08 Å². The van der Waals surface area contributed by atoms with E-state index >= 15 is 0 Å². The van der Waals surface area contributed by atoms with Crippen molar-refractivity contribution in [3.8, 4) is 0 Å². The van der Waals surface area contributed by atoms with Crippen LogP contribution in [-0.4, -0.2) is 89.7 Å². The lowest BCUT2D eigenvalue weighted by Crippen LogP contribution is -2.66. The van der Waals surface area contributed by atoms with Crippen molar-refractivity contribution < 1.29 is 57.8 Å². The average molecular weight is 466 g/mol. The largest absolute Gasteiger partial charge is 0.466 e. The first-order valence-electron chi connectivity index (χ1n) is 10.7. The second kappa shape index (κ2) is 6.12. The third kappa shape index (κ3) is 1.82. The van der Waals surface area contributed by atoms with Gasteiger partial charge in [0.2, 0.25) is 11.9 Å². The SMILES string of the molecule is COC(=O)/C=C/CO[C@H]1C(=O)O[C@H]2O[C@]34C(=O)OC5CCC21[C@@]53[C@@H](O)[C@@H]1OC(=O)C(C)[C@@]14O. The van der Waals surface area contributed by atoms with Crippen LogP contribution in [0.5, 0.6) is 0 Å². The fraction of sp³-hybridized carbons (Fsp3) is 0.714. The topological polar surface area (TPSA) is 164 Å². The Morgan fingerprint density at radius 3 is 2.70 bits per heavy atom. The lowest BCUT2D eigenvalue weighted by molar-refractivity contribution is -0.237. The maximum Gasteiger partial charge on any atom is 0.343 e. The number of aliphatic hydroxyl groups excluding tert-OH is 1. The predicted molar refractivity (Wildman–Crippen MR) is 98.6 cm³/mol. The zero-order chi connectivity index (χ0) is 23.6. The summed E-state index contributed by atoms with van der Waals surface area (Å²) >= 11 is 0. The number of carbonyl (C=O) groups excluding carboxylic acids is 4. The van der Waals surface area contributed by atoms with Crippen molar-refractivity contribution in [2.24, 2.45) is 16.7 Å². The maximum atomic E-state index is 13.3. The monoisotopic (exact) mass is 466 g/mol. The fourth-order valence-electron chi connectivity index (χ4n) is 7.53. The first-order chi connectivity index (χ1) is 15.6. The van der Waals surface area contributed by atoms with Crippen LogP contribution in [0.3, 0.4) is 0 Å². The van der Waals surface area contributed by atoms with Gasteiger partial charge < -0.3 is 38.6 Å². The molecule has 12 heteroatoms. The molecule has 0 amide bonds. The molecule has 0 aromatic rings. The van der Waals surface area contributed by atoms with Crippen molar-refractivity contribution in [3.63, 3.8) is 0 Å². The smallest absolute Gasteiger partial charge is 0.343 e. The normalized spacial score (nSPS) is 52.9. The van der Waals surface area contributed by atoms with Crippen LogP contribution in [0.4, 0.5) is 0 Å². The number of methoxy groups -OCH3 is 1. The highest BCUT2D eigenvalue weighted by atomic mass is 16.8. The Bertz CT molecular complexity index is 1020. The zero-order valence-electron chi connectivity index (χ0n) is 17.7. The molecule has 4 heterocycles. The van der Waals surface area contributed by atoms with E-state index in [1.165, 1.54) is 20.1 Å². The summed E-state index contributed by atoms with van der Waals surface area (Å²) < 4.78 is 32.8. The quantitative estimate of drug-likeness (QED) is 0.269. The molecule has 10 atom stereocenters. The summed E-state index contributed by atoms with van der Waals surface area (Å²) in [7, 11) is 1.21.